The first-order valence-electron chi connectivity index (χ1n) is 9.22. The molecule has 0 spiro atoms. The molecule has 2 aromatic rings. The average molecular weight is 547 g/mol. The van der Waals surface area contributed by atoms with Gasteiger partial charge in [0.2, 0.25) is 15.9 Å². The number of primary sulfonamides is 1. The highest BCUT2D eigenvalue weighted by Gasteiger charge is 2.27. The van der Waals surface area contributed by atoms with Crippen molar-refractivity contribution < 1.29 is 13.2 Å². The van der Waals surface area contributed by atoms with E-state index in [0.29, 0.717) is 31.2 Å². The standard InChI is InChI=1S/C18H25N7O3S.HI/c1-3-20-18(21-10-14-5-4-6-16(9-14)29(19,27)28)24-7-8-25(17(26)13-24)15-11-22-23(2)12-15;/h4-6,9,11-12H,3,7-8,10,13H2,1-2H3,(H,20,21)(H2,19,27,28);1H. The van der Waals surface area contributed by atoms with Crippen LogP contribution in [0.4, 0.5) is 5.69 Å². The lowest BCUT2D eigenvalue weighted by Crippen LogP contribution is -2.55. The molecule has 0 radical (unpaired) electrons. The maximum Gasteiger partial charge on any atom is 0.246 e. The van der Waals surface area contributed by atoms with Gasteiger partial charge in [0.15, 0.2) is 5.96 Å². The summed E-state index contributed by atoms with van der Waals surface area (Å²) >= 11 is 0. The minimum Gasteiger partial charge on any atom is -0.356 e. The number of sulfonamides is 1. The maximum atomic E-state index is 12.6. The summed E-state index contributed by atoms with van der Waals surface area (Å²) in [6.45, 7) is 4.19. The Hall–Kier alpha value is -2.19. The summed E-state index contributed by atoms with van der Waals surface area (Å²) in [5.41, 5.74) is 1.49. The lowest BCUT2D eigenvalue weighted by atomic mass is 10.2. The van der Waals surface area contributed by atoms with Crippen molar-refractivity contribution in [2.24, 2.45) is 17.2 Å². The summed E-state index contributed by atoms with van der Waals surface area (Å²) in [5.74, 6) is 0.568. The monoisotopic (exact) mass is 547 g/mol. The number of aliphatic imine (C=N–C) groups is 1. The number of aryl methyl sites for hydroxylation is 1. The summed E-state index contributed by atoms with van der Waals surface area (Å²) in [6, 6.07) is 6.37. The number of aromatic nitrogens is 2. The molecule has 1 amide bonds. The predicted octanol–water partition coefficient (Wildman–Crippen LogP) is 0.500. The topological polar surface area (TPSA) is 126 Å². The number of amides is 1. The Kier molecular flexibility index (Phi) is 8.20. The average Bonchev–Trinajstić information content (AvgIpc) is 3.10. The van der Waals surface area contributed by atoms with Gasteiger partial charge in [-0.25, -0.2) is 18.5 Å². The molecule has 3 rings (SSSR count). The molecule has 3 N–H and O–H groups in total. The van der Waals surface area contributed by atoms with Crippen LogP contribution < -0.4 is 15.4 Å². The molecule has 1 aliphatic rings. The second kappa shape index (κ2) is 10.2. The lowest BCUT2D eigenvalue weighted by Gasteiger charge is -2.35. The minimum atomic E-state index is -3.76. The van der Waals surface area contributed by atoms with E-state index in [9.17, 15) is 13.2 Å². The van der Waals surface area contributed by atoms with Crippen molar-refractivity contribution in [3.8, 4) is 0 Å². The fraction of sp³-hybridized carbons (Fsp3) is 0.389. The Morgan fingerprint density at radius 2 is 2.10 bits per heavy atom. The number of halogens is 1. The molecule has 164 valence electrons. The van der Waals surface area contributed by atoms with Crippen molar-refractivity contribution in [1.82, 2.24) is 20.0 Å². The first-order chi connectivity index (χ1) is 13.8. The molecule has 0 unspecified atom stereocenters. The second-order valence-corrected chi connectivity index (χ2v) is 8.26. The van der Waals surface area contributed by atoms with E-state index in [1.54, 1.807) is 27.9 Å². The first kappa shape index (κ1) is 24.1. The van der Waals surface area contributed by atoms with Crippen LogP contribution in [0.25, 0.3) is 0 Å². The van der Waals surface area contributed by atoms with Gasteiger partial charge in [0.25, 0.3) is 0 Å². The van der Waals surface area contributed by atoms with Crippen LogP contribution in [0.2, 0.25) is 0 Å². The van der Waals surface area contributed by atoms with Gasteiger partial charge >= 0.3 is 0 Å². The van der Waals surface area contributed by atoms with Crippen LogP contribution in [-0.4, -0.2) is 61.1 Å². The number of hydrogen-bond donors (Lipinski definition) is 2. The highest BCUT2D eigenvalue weighted by molar-refractivity contribution is 14.0. The van der Waals surface area contributed by atoms with E-state index in [2.05, 4.69) is 15.4 Å². The van der Waals surface area contributed by atoms with Crippen molar-refractivity contribution >= 4 is 51.6 Å². The van der Waals surface area contributed by atoms with Gasteiger partial charge in [-0.3, -0.25) is 9.48 Å². The molecule has 1 aromatic carbocycles. The van der Waals surface area contributed by atoms with Crippen LogP contribution in [0.1, 0.15) is 12.5 Å². The SMILES string of the molecule is CCNC(=NCc1cccc(S(N)(=O)=O)c1)N1CCN(c2cnn(C)c2)C(=O)C1.I. The van der Waals surface area contributed by atoms with E-state index in [0.717, 1.165) is 5.69 Å². The van der Waals surface area contributed by atoms with Gasteiger partial charge in [-0.2, -0.15) is 5.10 Å². The number of rotatable bonds is 5. The molecule has 0 aliphatic carbocycles. The summed E-state index contributed by atoms with van der Waals surface area (Å²) in [5, 5.41) is 12.5. The van der Waals surface area contributed by atoms with E-state index in [1.807, 2.05) is 25.1 Å². The number of piperazine rings is 1. The molecular formula is C18H26IN7O3S. The fourth-order valence-electron chi connectivity index (χ4n) is 3.09. The number of hydrogen-bond acceptors (Lipinski definition) is 5. The highest BCUT2D eigenvalue weighted by Crippen LogP contribution is 2.16. The number of nitrogens with one attached hydrogen (secondary N) is 1. The Morgan fingerprint density at radius 1 is 1.33 bits per heavy atom. The Morgan fingerprint density at radius 3 is 2.70 bits per heavy atom. The van der Waals surface area contributed by atoms with E-state index in [4.69, 9.17) is 5.14 Å². The summed E-state index contributed by atoms with van der Waals surface area (Å²) in [4.78, 5) is 20.9. The number of carbonyl (C=O) groups excluding carboxylic acids is 1. The second-order valence-electron chi connectivity index (χ2n) is 6.70. The van der Waals surface area contributed by atoms with Gasteiger partial charge in [0.1, 0.15) is 6.54 Å². The third kappa shape index (κ3) is 5.92. The van der Waals surface area contributed by atoms with Gasteiger partial charge in [-0.1, -0.05) is 12.1 Å². The quantitative estimate of drug-likeness (QED) is 0.319. The number of nitrogens with two attached hydrogens (primary N) is 1. The smallest absolute Gasteiger partial charge is 0.246 e. The summed E-state index contributed by atoms with van der Waals surface area (Å²) in [6.07, 6.45) is 3.48. The van der Waals surface area contributed by atoms with Crippen LogP contribution in [0, 0.1) is 0 Å². The number of guanidine groups is 1. The molecule has 1 aromatic heterocycles. The van der Waals surface area contributed by atoms with Crippen LogP contribution >= 0.6 is 24.0 Å². The molecule has 12 heteroatoms. The molecule has 30 heavy (non-hydrogen) atoms. The van der Waals surface area contributed by atoms with Crippen molar-refractivity contribution in [2.75, 3.05) is 31.1 Å². The number of benzene rings is 1. The normalized spacial score (nSPS) is 15.2. The van der Waals surface area contributed by atoms with Gasteiger partial charge in [-0.15, -0.1) is 24.0 Å². The molecule has 10 nitrogen and oxygen atoms in total. The van der Waals surface area contributed by atoms with Crippen molar-refractivity contribution in [1.29, 1.82) is 0 Å². The Bertz CT molecular complexity index is 1020. The molecular weight excluding hydrogens is 521 g/mol. The van der Waals surface area contributed by atoms with Crippen LogP contribution in [0.3, 0.4) is 0 Å². The van der Waals surface area contributed by atoms with Gasteiger partial charge in [0, 0.05) is 32.9 Å². The summed E-state index contributed by atoms with van der Waals surface area (Å²) in [7, 11) is -1.95. The van der Waals surface area contributed by atoms with Crippen molar-refractivity contribution in [3.05, 3.63) is 42.2 Å². The van der Waals surface area contributed by atoms with E-state index in [1.165, 1.54) is 12.1 Å². The third-order valence-corrected chi connectivity index (χ3v) is 5.41. The zero-order valence-corrected chi connectivity index (χ0v) is 20.0. The molecule has 2 heterocycles. The van der Waals surface area contributed by atoms with Crippen LogP contribution in [-0.2, 0) is 28.4 Å². The molecule has 0 bridgehead atoms. The predicted molar refractivity (Wildman–Crippen MR) is 125 cm³/mol. The molecule has 1 aliphatic heterocycles. The van der Waals surface area contributed by atoms with Gasteiger partial charge in [0.05, 0.1) is 23.3 Å². The fourth-order valence-corrected chi connectivity index (χ4v) is 3.67. The number of carbonyl (C=O) groups is 1. The van der Waals surface area contributed by atoms with Gasteiger partial charge < -0.3 is 15.1 Å². The van der Waals surface area contributed by atoms with E-state index >= 15 is 0 Å². The van der Waals surface area contributed by atoms with Crippen molar-refractivity contribution in [3.63, 3.8) is 0 Å². The largest absolute Gasteiger partial charge is 0.356 e. The maximum absolute atomic E-state index is 12.6. The number of nitrogens with zero attached hydrogens (tertiary/aromatic N) is 5. The molecule has 1 saturated heterocycles. The van der Waals surface area contributed by atoms with Gasteiger partial charge in [-0.05, 0) is 24.6 Å². The molecule has 1 fully saturated rings. The minimum absolute atomic E-state index is 0. The Labute approximate surface area is 193 Å². The zero-order chi connectivity index (χ0) is 21.0. The molecule has 0 atom stereocenters. The number of anilines is 1. The lowest BCUT2D eigenvalue weighted by molar-refractivity contribution is -0.120. The molecule has 0 saturated carbocycles. The first-order valence-corrected chi connectivity index (χ1v) is 10.8. The van der Waals surface area contributed by atoms with Crippen molar-refractivity contribution in [2.45, 2.75) is 18.4 Å². The van der Waals surface area contributed by atoms with E-state index in [-0.39, 0.29) is 47.9 Å². The Balaban J connectivity index is 0.00000320. The highest BCUT2D eigenvalue weighted by atomic mass is 127. The third-order valence-electron chi connectivity index (χ3n) is 4.50. The zero-order valence-electron chi connectivity index (χ0n) is 16.9. The van der Waals surface area contributed by atoms with Crippen LogP contribution in [0.15, 0.2) is 46.5 Å². The summed E-state index contributed by atoms with van der Waals surface area (Å²) < 4.78 is 24.7. The van der Waals surface area contributed by atoms with E-state index < -0.39 is 10.0 Å². The van der Waals surface area contributed by atoms with Crippen LogP contribution in [0.5, 0.6) is 0 Å².